The molecular weight excluding hydrogens is 126 g/mol. The predicted octanol–water partition coefficient (Wildman–Crippen LogP) is 1.34. The van der Waals surface area contributed by atoms with Crippen LogP contribution in [-0.2, 0) is 0 Å². The van der Waals surface area contributed by atoms with E-state index >= 15 is 0 Å². The summed E-state index contributed by atoms with van der Waals surface area (Å²) in [5.41, 5.74) is 0.619. The number of nitriles is 1. The molecule has 1 aromatic heterocycles. The summed E-state index contributed by atoms with van der Waals surface area (Å²) in [6.07, 6.45) is 3.31. The second kappa shape index (κ2) is 2.53. The lowest BCUT2D eigenvalue weighted by atomic mass is 10.4. The molecule has 0 N–H and O–H groups in total. The van der Waals surface area contributed by atoms with E-state index in [-0.39, 0.29) is 0 Å². The zero-order valence-corrected chi connectivity index (χ0v) is 6.07. The smallest absolute Gasteiger partial charge is 0.102 e. The zero-order valence-electron chi connectivity index (χ0n) is 6.07. The van der Waals surface area contributed by atoms with E-state index in [0.29, 0.717) is 11.6 Å². The summed E-state index contributed by atoms with van der Waals surface area (Å²) in [7, 11) is 0. The first-order valence-electron chi connectivity index (χ1n) is 3.18. The van der Waals surface area contributed by atoms with Crippen LogP contribution in [0.2, 0.25) is 0 Å². The van der Waals surface area contributed by atoms with Gasteiger partial charge in [-0.25, -0.2) is 0 Å². The highest BCUT2D eigenvalue weighted by Gasteiger charge is 1.98. The molecule has 3 nitrogen and oxygen atoms in total. The molecule has 0 aliphatic heterocycles. The Bertz CT molecular complexity index is 254. The second-order valence-electron chi connectivity index (χ2n) is 2.41. The minimum Gasteiger partial charge on any atom is -0.269 e. The standard InChI is InChI=1S/C7H9N3/c1-6(2)10-5-7(3-8)4-9-10/h4-6H,1-2H3. The normalized spacial score (nSPS) is 9.80. The minimum atomic E-state index is 0.335. The van der Waals surface area contributed by atoms with Crippen LogP contribution in [0.25, 0.3) is 0 Å². The van der Waals surface area contributed by atoms with Crippen molar-refractivity contribution in [2.24, 2.45) is 0 Å². The first-order chi connectivity index (χ1) is 4.74. The van der Waals surface area contributed by atoms with Gasteiger partial charge in [0, 0.05) is 12.2 Å². The maximum absolute atomic E-state index is 8.43. The molecule has 0 spiro atoms. The molecule has 0 aromatic carbocycles. The van der Waals surface area contributed by atoms with Crippen LogP contribution < -0.4 is 0 Å². The van der Waals surface area contributed by atoms with Crippen LogP contribution >= 0.6 is 0 Å². The van der Waals surface area contributed by atoms with Crippen LogP contribution in [0.3, 0.4) is 0 Å². The third-order valence-electron chi connectivity index (χ3n) is 1.26. The molecule has 0 unspecified atom stereocenters. The number of hydrogen-bond donors (Lipinski definition) is 0. The van der Waals surface area contributed by atoms with Gasteiger partial charge in [-0.3, -0.25) is 4.68 Å². The molecule has 0 saturated carbocycles. The van der Waals surface area contributed by atoms with Gasteiger partial charge in [0.1, 0.15) is 6.07 Å². The highest BCUT2D eigenvalue weighted by Crippen LogP contribution is 2.03. The summed E-state index contributed by atoms with van der Waals surface area (Å²) >= 11 is 0. The van der Waals surface area contributed by atoms with Gasteiger partial charge in [-0.15, -0.1) is 0 Å². The lowest BCUT2D eigenvalue weighted by molar-refractivity contribution is 0.532. The average molecular weight is 135 g/mol. The van der Waals surface area contributed by atoms with Gasteiger partial charge in [0.2, 0.25) is 0 Å². The molecule has 0 radical (unpaired) electrons. The van der Waals surface area contributed by atoms with Crippen LogP contribution in [0.1, 0.15) is 25.5 Å². The molecule has 1 rings (SSSR count). The lowest BCUT2D eigenvalue weighted by Gasteiger charge is -2.01. The Hall–Kier alpha value is -1.30. The third-order valence-corrected chi connectivity index (χ3v) is 1.26. The first-order valence-corrected chi connectivity index (χ1v) is 3.18. The molecule has 0 bridgehead atoms. The van der Waals surface area contributed by atoms with E-state index in [1.165, 1.54) is 0 Å². The summed E-state index contributed by atoms with van der Waals surface area (Å²) < 4.78 is 1.76. The fourth-order valence-corrected chi connectivity index (χ4v) is 0.678. The van der Waals surface area contributed by atoms with Crippen molar-refractivity contribution in [3.8, 4) is 6.07 Å². The molecule has 0 aliphatic carbocycles. The third kappa shape index (κ3) is 1.16. The number of nitrogens with zero attached hydrogens (tertiary/aromatic N) is 3. The maximum atomic E-state index is 8.43. The van der Waals surface area contributed by atoms with Gasteiger partial charge in [0.25, 0.3) is 0 Å². The maximum Gasteiger partial charge on any atom is 0.102 e. The van der Waals surface area contributed by atoms with E-state index in [2.05, 4.69) is 5.10 Å². The minimum absolute atomic E-state index is 0.335. The Morgan fingerprint density at radius 2 is 2.40 bits per heavy atom. The van der Waals surface area contributed by atoms with Crippen molar-refractivity contribution < 1.29 is 0 Å². The summed E-state index contributed by atoms with van der Waals surface area (Å²) in [5.74, 6) is 0. The van der Waals surface area contributed by atoms with Crippen molar-refractivity contribution in [3.05, 3.63) is 18.0 Å². The van der Waals surface area contributed by atoms with E-state index in [1.807, 2.05) is 19.9 Å². The van der Waals surface area contributed by atoms with E-state index in [9.17, 15) is 0 Å². The van der Waals surface area contributed by atoms with E-state index in [1.54, 1.807) is 17.1 Å². The van der Waals surface area contributed by atoms with E-state index in [4.69, 9.17) is 5.26 Å². The molecule has 52 valence electrons. The Labute approximate surface area is 59.9 Å². The van der Waals surface area contributed by atoms with Gasteiger partial charge in [-0.2, -0.15) is 10.4 Å². The van der Waals surface area contributed by atoms with Gasteiger partial charge in [-0.1, -0.05) is 0 Å². The summed E-state index contributed by atoms with van der Waals surface area (Å²) in [5, 5.41) is 12.4. The SMILES string of the molecule is CC(C)n1cc(C#N)cn1. The molecule has 1 aromatic rings. The second-order valence-corrected chi connectivity index (χ2v) is 2.41. The van der Waals surface area contributed by atoms with Crippen molar-refractivity contribution in [2.75, 3.05) is 0 Å². The monoisotopic (exact) mass is 135 g/mol. The Balaban J connectivity index is 2.91. The highest BCUT2D eigenvalue weighted by molar-refractivity contribution is 5.21. The van der Waals surface area contributed by atoms with Crippen molar-refractivity contribution in [3.63, 3.8) is 0 Å². The van der Waals surface area contributed by atoms with Crippen molar-refractivity contribution in [1.29, 1.82) is 5.26 Å². The summed E-state index contributed by atoms with van der Waals surface area (Å²) in [4.78, 5) is 0. The first kappa shape index (κ1) is 6.81. The molecular formula is C7H9N3. The Morgan fingerprint density at radius 3 is 2.70 bits per heavy atom. The molecule has 10 heavy (non-hydrogen) atoms. The molecule has 0 fully saturated rings. The van der Waals surface area contributed by atoms with Gasteiger partial charge in [0.05, 0.1) is 11.8 Å². The summed E-state index contributed by atoms with van der Waals surface area (Å²) in [6, 6.07) is 2.35. The number of aromatic nitrogens is 2. The Kier molecular flexibility index (Phi) is 1.72. The topological polar surface area (TPSA) is 41.6 Å². The molecule has 0 aliphatic rings. The number of rotatable bonds is 1. The molecule has 3 heteroatoms. The summed E-state index contributed by atoms with van der Waals surface area (Å²) in [6.45, 7) is 4.04. The highest BCUT2D eigenvalue weighted by atomic mass is 15.3. The lowest BCUT2D eigenvalue weighted by Crippen LogP contribution is -1.99. The van der Waals surface area contributed by atoms with Gasteiger partial charge < -0.3 is 0 Å². The Morgan fingerprint density at radius 1 is 1.70 bits per heavy atom. The average Bonchev–Trinajstić information content (AvgIpc) is 2.34. The molecule has 0 amide bonds. The van der Waals surface area contributed by atoms with Crippen LogP contribution in [0.5, 0.6) is 0 Å². The van der Waals surface area contributed by atoms with Gasteiger partial charge in [-0.05, 0) is 13.8 Å². The van der Waals surface area contributed by atoms with E-state index in [0.717, 1.165) is 0 Å². The molecule has 1 heterocycles. The van der Waals surface area contributed by atoms with E-state index < -0.39 is 0 Å². The van der Waals surface area contributed by atoms with Crippen LogP contribution in [-0.4, -0.2) is 9.78 Å². The fourth-order valence-electron chi connectivity index (χ4n) is 0.678. The van der Waals surface area contributed by atoms with Crippen LogP contribution in [0.15, 0.2) is 12.4 Å². The van der Waals surface area contributed by atoms with Crippen molar-refractivity contribution in [2.45, 2.75) is 19.9 Å². The van der Waals surface area contributed by atoms with Crippen molar-refractivity contribution in [1.82, 2.24) is 9.78 Å². The number of hydrogen-bond acceptors (Lipinski definition) is 2. The predicted molar refractivity (Wildman–Crippen MR) is 37.3 cm³/mol. The van der Waals surface area contributed by atoms with Crippen molar-refractivity contribution >= 4 is 0 Å². The van der Waals surface area contributed by atoms with Crippen LogP contribution in [0, 0.1) is 11.3 Å². The van der Waals surface area contributed by atoms with Gasteiger partial charge in [0.15, 0.2) is 0 Å². The molecule has 0 atom stereocenters. The van der Waals surface area contributed by atoms with Gasteiger partial charge >= 0.3 is 0 Å². The fraction of sp³-hybridized carbons (Fsp3) is 0.429. The largest absolute Gasteiger partial charge is 0.269 e. The van der Waals surface area contributed by atoms with Crippen LogP contribution in [0.4, 0.5) is 0 Å². The zero-order chi connectivity index (χ0) is 7.56. The quantitative estimate of drug-likeness (QED) is 0.583. The molecule has 0 saturated heterocycles.